The predicted molar refractivity (Wildman–Crippen MR) is 87.8 cm³/mol. The first kappa shape index (κ1) is 13.9. The summed E-state index contributed by atoms with van der Waals surface area (Å²) in [5.41, 5.74) is 4.23. The Bertz CT molecular complexity index is 882. The molecule has 23 heavy (non-hydrogen) atoms. The van der Waals surface area contributed by atoms with E-state index in [0.717, 1.165) is 59.9 Å². The Morgan fingerprint density at radius 1 is 1.30 bits per heavy atom. The molecule has 0 unspecified atom stereocenters. The van der Waals surface area contributed by atoms with Crippen molar-refractivity contribution in [2.45, 2.75) is 6.92 Å². The fourth-order valence-corrected chi connectivity index (χ4v) is 3.00. The Balaban J connectivity index is 1.96. The summed E-state index contributed by atoms with van der Waals surface area (Å²) >= 11 is 0. The average Bonchev–Trinajstić information content (AvgIpc) is 3.06. The Labute approximate surface area is 132 Å². The van der Waals surface area contributed by atoms with Crippen LogP contribution in [0.25, 0.3) is 16.7 Å². The van der Waals surface area contributed by atoms with Gasteiger partial charge in [0, 0.05) is 31.9 Å². The van der Waals surface area contributed by atoms with Crippen LogP contribution in [-0.2, 0) is 4.79 Å². The summed E-state index contributed by atoms with van der Waals surface area (Å²) in [6.45, 7) is 5.56. The Hall–Kier alpha value is -2.74. The highest BCUT2D eigenvalue weighted by atomic mass is 16.1. The van der Waals surface area contributed by atoms with Gasteiger partial charge in [-0.05, 0) is 24.6 Å². The Morgan fingerprint density at radius 3 is 2.91 bits per heavy atom. The number of nitrogens with one attached hydrogen (secondary N) is 2. The van der Waals surface area contributed by atoms with E-state index in [1.54, 1.807) is 6.33 Å². The number of rotatable bonds is 3. The molecule has 3 aromatic rings. The lowest BCUT2D eigenvalue weighted by Crippen LogP contribution is -2.44. The van der Waals surface area contributed by atoms with Gasteiger partial charge in [0.25, 0.3) is 0 Å². The van der Waals surface area contributed by atoms with Crippen LogP contribution < -0.4 is 15.5 Å². The van der Waals surface area contributed by atoms with Gasteiger partial charge in [-0.25, -0.2) is 4.98 Å². The third-order valence-electron chi connectivity index (χ3n) is 4.19. The summed E-state index contributed by atoms with van der Waals surface area (Å²) in [4.78, 5) is 17.8. The average molecular weight is 311 g/mol. The van der Waals surface area contributed by atoms with Gasteiger partial charge in [0.05, 0.1) is 11.0 Å². The van der Waals surface area contributed by atoms with Crippen molar-refractivity contribution in [2.75, 3.05) is 36.4 Å². The Morgan fingerprint density at radius 2 is 2.13 bits per heavy atom. The summed E-state index contributed by atoms with van der Waals surface area (Å²) in [5, 5.41) is 14.4. The highest BCUT2D eigenvalue weighted by molar-refractivity contribution is 5.88. The van der Waals surface area contributed by atoms with Crippen molar-refractivity contribution in [2.24, 2.45) is 0 Å². The minimum atomic E-state index is 0.683. The molecule has 8 nitrogen and oxygen atoms in total. The van der Waals surface area contributed by atoms with Crippen molar-refractivity contribution < 1.29 is 4.79 Å². The molecule has 1 fully saturated rings. The van der Waals surface area contributed by atoms with Crippen molar-refractivity contribution >= 4 is 34.6 Å². The van der Waals surface area contributed by atoms with Gasteiger partial charge in [-0.3, -0.25) is 9.20 Å². The van der Waals surface area contributed by atoms with Gasteiger partial charge in [-0.2, -0.15) is 0 Å². The zero-order chi connectivity index (χ0) is 15.8. The molecule has 4 rings (SSSR count). The van der Waals surface area contributed by atoms with Gasteiger partial charge >= 0.3 is 0 Å². The maximum Gasteiger partial charge on any atom is 0.211 e. The van der Waals surface area contributed by atoms with Crippen LogP contribution in [0, 0.1) is 6.92 Å². The van der Waals surface area contributed by atoms with Crippen molar-refractivity contribution in [3.8, 4) is 0 Å². The lowest BCUT2D eigenvalue weighted by molar-refractivity contribution is -0.105. The molecule has 1 aromatic carbocycles. The smallest absolute Gasteiger partial charge is 0.211 e. The molecule has 0 spiro atoms. The van der Waals surface area contributed by atoms with Crippen molar-refractivity contribution in [3.63, 3.8) is 0 Å². The number of fused-ring (bicyclic) bond motifs is 3. The van der Waals surface area contributed by atoms with Gasteiger partial charge in [0.15, 0.2) is 5.82 Å². The number of carbonyl (C=O) groups excluding carboxylic acids is 1. The molecule has 3 heterocycles. The fraction of sp³-hybridized carbons (Fsp3) is 0.333. The van der Waals surface area contributed by atoms with E-state index >= 15 is 0 Å². The Kier molecular flexibility index (Phi) is 3.30. The lowest BCUT2D eigenvalue weighted by atomic mass is 10.1. The zero-order valence-corrected chi connectivity index (χ0v) is 12.8. The molecule has 0 saturated carbocycles. The normalized spacial score (nSPS) is 15.3. The number of hydrogen-bond acceptors (Lipinski definition) is 6. The highest BCUT2D eigenvalue weighted by Gasteiger charge is 2.19. The molecule has 0 aliphatic carbocycles. The molecule has 2 aromatic heterocycles. The first-order valence-corrected chi connectivity index (χ1v) is 7.58. The number of carbonyl (C=O) groups is 1. The quantitative estimate of drug-likeness (QED) is 0.687. The maximum atomic E-state index is 10.8. The summed E-state index contributed by atoms with van der Waals surface area (Å²) in [5.74, 6) is 0.831. The molecule has 0 radical (unpaired) electrons. The van der Waals surface area contributed by atoms with Crippen LogP contribution in [0.2, 0.25) is 0 Å². The van der Waals surface area contributed by atoms with E-state index in [9.17, 15) is 4.79 Å². The van der Waals surface area contributed by atoms with Gasteiger partial charge in [0.1, 0.15) is 6.33 Å². The van der Waals surface area contributed by atoms with Crippen LogP contribution >= 0.6 is 0 Å². The van der Waals surface area contributed by atoms with Crippen LogP contribution in [-0.4, -0.2) is 52.2 Å². The molecule has 1 amide bonds. The van der Waals surface area contributed by atoms with Gasteiger partial charge in [0.2, 0.25) is 12.1 Å². The number of benzene rings is 1. The maximum absolute atomic E-state index is 10.8. The monoisotopic (exact) mass is 311 g/mol. The lowest BCUT2D eigenvalue weighted by Gasteiger charge is -2.28. The highest BCUT2D eigenvalue weighted by Crippen LogP contribution is 2.27. The molecular formula is C15H17N7O. The number of nitrogens with zero attached hydrogens (tertiary/aromatic N) is 5. The van der Waals surface area contributed by atoms with Crippen molar-refractivity contribution in [3.05, 3.63) is 24.0 Å². The number of aryl methyl sites for hydroxylation is 1. The predicted octanol–water partition coefficient (Wildman–Crippen LogP) is 0.564. The molecular weight excluding hydrogens is 294 g/mol. The standard InChI is InChI=1S/C15H17N7O/c1-10-6-13-12(7-11(10)17-9-23)19-14(15-20-18-8-22(13)15)21-4-2-16-3-5-21/h6-9,16H,2-5H2,1H3,(H,17,23). The summed E-state index contributed by atoms with van der Waals surface area (Å²) < 4.78 is 1.96. The molecule has 118 valence electrons. The number of aromatic nitrogens is 4. The second-order valence-electron chi connectivity index (χ2n) is 5.62. The largest absolute Gasteiger partial charge is 0.351 e. The van der Waals surface area contributed by atoms with E-state index in [0.29, 0.717) is 6.41 Å². The van der Waals surface area contributed by atoms with E-state index in [-0.39, 0.29) is 0 Å². The van der Waals surface area contributed by atoms with E-state index in [1.165, 1.54) is 0 Å². The van der Waals surface area contributed by atoms with E-state index in [1.807, 2.05) is 23.5 Å². The molecule has 0 atom stereocenters. The number of hydrogen-bond donors (Lipinski definition) is 2. The molecule has 1 aliphatic rings. The fourth-order valence-electron chi connectivity index (χ4n) is 3.00. The van der Waals surface area contributed by atoms with Crippen LogP contribution in [0.4, 0.5) is 11.5 Å². The first-order chi connectivity index (χ1) is 11.3. The second-order valence-corrected chi connectivity index (χ2v) is 5.62. The molecule has 0 bridgehead atoms. The van der Waals surface area contributed by atoms with E-state index < -0.39 is 0 Å². The van der Waals surface area contributed by atoms with Crippen LogP contribution in [0.15, 0.2) is 18.5 Å². The summed E-state index contributed by atoms with van der Waals surface area (Å²) in [7, 11) is 0. The summed E-state index contributed by atoms with van der Waals surface area (Å²) in [6.07, 6.45) is 2.39. The molecule has 8 heteroatoms. The minimum absolute atomic E-state index is 0.683. The third kappa shape index (κ3) is 2.27. The molecule has 1 aliphatic heterocycles. The topological polar surface area (TPSA) is 87.5 Å². The van der Waals surface area contributed by atoms with Crippen LogP contribution in [0.3, 0.4) is 0 Å². The van der Waals surface area contributed by atoms with Gasteiger partial charge < -0.3 is 15.5 Å². The summed E-state index contributed by atoms with van der Waals surface area (Å²) in [6, 6.07) is 3.89. The first-order valence-electron chi connectivity index (χ1n) is 7.58. The van der Waals surface area contributed by atoms with Crippen LogP contribution in [0.5, 0.6) is 0 Å². The second kappa shape index (κ2) is 5.47. The van der Waals surface area contributed by atoms with Crippen LogP contribution in [0.1, 0.15) is 5.56 Å². The van der Waals surface area contributed by atoms with E-state index in [4.69, 9.17) is 4.98 Å². The van der Waals surface area contributed by atoms with Crippen molar-refractivity contribution in [1.82, 2.24) is 24.9 Å². The molecule has 1 saturated heterocycles. The van der Waals surface area contributed by atoms with Gasteiger partial charge in [-0.15, -0.1) is 10.2 Å². The zero-order valence-electron chi connectivity index (χ0n) is 12.8. The van der Waals surface area contributed by atoms with Crippen molar-refractivity contribution in [1.29, 1.82) is 0 Å². The van der Waals surface area contributed by atoms with E-state index in [2.05, 4.69) is 25.7 Å². The number of amides is 1. The molecule has 2 N–H and O–H groups in total. The third-order valence-corrected chi connectivity index (χ3v) is 4.19. The number of piperazine rings is 1. The minimum Gasteiger partial charge on any atom is -0.351 e. The SMILES string of the molecule is Cc1cc2c(cc1NC=O)nc(N1CCNCC1)c1nncn12. The van der Waals surface area contributed by atoms with Gasteiger partial charge in [-0.1, -0.05) is 0 Å². The number of anilines is 2.